The van der Waals surface area contributed by atoms with Gasteiger partial charge in [0, 0.05) is 23.0 Å². The number of para-hydroxylation sites is 1. The molecular weight excluding hydrogens is 454 g/mol. The fourth-order valence-electron chi connectivity index (χ4n) is 4.28. The predicted molar refractivity (Wildman–Crippen MR) is 140 cm³/mol. The smallest absolute Gasteiger partial charge is 0.266 e. The van der Waals surface area contributed by atoms with Gasteiger partial charge in [-0.15, -0.1) is 12.6 Å². The summed E-state index contributed by atoms with van der Waals surface area (Å²) < 4.78 is 1.81. The van der Waals surface area contributed by atoms with Crippen molar-refractivity contribution in [2.24, 2.45) is 0 Å². The maximum atomic E-state index is 13.0. The van der Waals surface area contributed by atoms with Gasteiger partial charge in [-0.25, -0.2) is 4.68 Å². The van der Waals surface area contributed by atoms with Crippen LogP contribution in [0.3, 0.4) is 0 Å². The lowest BCUT2D eigenvalue weighted by Crippen LogP contribution is -2.46. The molecule has 172 valence electrons. The Hall–Kier alpha value is -4.28. The number of nitrogens with zero attached hydrogens (tertiary/aromatic N) is 4. The third-order valence-corrected chi connectivity index (χ3v) is 6.49. The van der Waals surface area contributed by atoms with Crippen LogP contribution in [0, 0.1) is 25.2 Å². The Bertz CT molecular complexity index is 1490. The SMILES string of the molecule is Cc1ccc(C)c(N2C(S)=C(C#N)C(=O)NC2c2cn(-c3ccccc3)nc2-c2ccccc2)c1. The molecule has 1 unspecified atom stereocenters. The van der Waals surface area contributed by atoms with E-state index in [0.29, 0.717) is 5.03 Å². The lowest BCUT2D eigenvalue weighted by Gasteiger charge is -2.38. The van der Waals surface area contributed by atoms with Gasteiger partial charge in [0.2, 0.25) is 0 Å². The zero-order valence-corrected chi connectivity index (χ0v) is 20.2. The third-order valence-electron chi connectivity index (χ3n) is 6.05. The van der Waals surface area contributed by atoms with E-state index in [1.165, 1.54) is 0 Å². The van der Waals surface area contributed by atoms with Crippen LogP contribution in [-0.4, -0.2) is 15.7 Å². The van der Waals surface area contributed by atoms with Crippen molar-refractivity contribution in [1.29, 1.82) is 5.26 Å². The first kappa shape index (κ1) is 22.5. The minimum atomic E-state index is -0.625. The van der Waals surface area contributed by atoms with Crippen LogP contribution in [0.5, 0.6) is 0 Å². The van der Waals surface area contributed by atoms with Gasteiger partial charge in [-0.05, 0) is 43.2 Å². The van der Waals surface area contributed by atoms with Gasteiger partial charge in [-0.1, -0.05) is 60.7 Å². The van der Waals surface area contributed by atoms with Gasteiger partial charge in [0.05, 0.1) is 16.4 Å². The van der Waals surface area contributed by atoms with E-state index < -0.39 is 12.1 Å². The maximum Gasteiger partial charge on any atom is 0.266 e. The molecule has 0 spiro atoms. The van der Waals surface area contributed by atoms with E-state index in [1.807, 2.05) is 115 Å². The second-order valence-electron chi connectivity index (χ2n) is 8.43. The van der Waals surface area contributed by atoms with Crippen molar-refractivity contribution in [3.63, 3.8) is 0 Å². The maximum absolute atomic E-state index is 13.0. The van der Waals surface area contributed by atoms with E-state index >= 15 is 0 Å². The molecule has 1 N–H and O–H groups in total. The Kier molecular flexibility index (Phi) is 5.89. The summed E-state index contributed by atoms with van der Waals surface area (Å²) in [7, 11) is 0. The summed E-state index contributed by atoms with van der Waals surface area (Å²) in [6.07, 6.45) is 1.30. The molecule has 0 radical (unpaired) electrons. The molecule has 7 heteroatoms. The van der Waals surface area contributed by atoms with Crippen molar-refractivity contribution in [2.45, 2.75) is 20.0 Å². The van der Waals surface area contributed by atoms with Crippen LogP contribution in [-0.2, 0) is 4.79 Å². The van der Waals surface area contributed by atoms with Crippen LogP contribution in [0.15, 0.2) is 95.7 Å². The van der Waals surface area contributed by atoms with E-state index in [1.54, 1.807) is 0 Å². The Morgan fingerprint density at radius 1 is 1.00 bits per heavy atom. The van der Waals surface area contributed by atoms with Crippen molar-refractivity contribution in [3.05, 3.63) is 112 Å². The van der Waals surface area contributed by atoms with Gasteiger partial charge in [0.1, 0.15) is 17.8 Å². The van der Waals surface area contributed by atoms with E-state index in [9.17, 15) is 10.1 Å². The number of nitriles is 1. The zero-order valence-electron chi connectivity index (χ0n) is 19.3. The average Bonchev–Trinajstić information content (AvgIpc) is 3.32. The molecule has 35 heavy (non-hydrogen) atoms. The van der Waals surface area contributed by atoms with Gasteiger partial charge in [0.25, 0.3) is 5.91 Å². The highest BCUT2D eigenvalue weighted by molar-refractivity contribution is 7.84. The number of amides is 1. The van der Waals surface area contributed by atoms with Crippen LogP contribution in [0.2, 0.25) is 0 Å². The van der Waals surface area contributed by atoms with Gasteiger partial charge in [-0.2, -0.15) is 10.4 Å². The average molecular weight is 478 g/mol. The molecule has 0 saturated carbocycles. The minimum Gasteiger partial charge on any atom is -0.327 e. The number of thiol groups is 1. The standard InChI is InChI=1S/C28H23N5OS/c1-18-13-14-19(2)24(15-18)33-26(30-27(34)22(16-29)28(33)35)23-17-32(21-11-7-4-8-12-21)31-25(23)20-9-5-3-6-10-20/h3-15,17,26,35H,1-2H3,(H,30,34). The number of hydrogen-bond acceptors (Lipinski definition) is 5. The molecule has 0 bridgehead atoms. The molecule has 6 nitrogen and oxygen atoms in total. The quantitative estimate of drug-likeness (QED) is 0.383. The van der Waals surface area contributed by atoms with Crippen molar-refractivity contribution >= 4 is 24.2 Å². The summed E-state index contributed by atoms with van der Waals surface area (Å²) in [5, 5.41) is 18.0. The molecule has 1 aliphatic heterocycles. The highest BCUT2D eigenvalue weighted by atomic mass is 32.1. The fraction of sp³-hybridized carbons (Fsp3) is 0.107. The van der Waals surface area contributed by atoms with Crippen LogP contribution in [0.25, 0.3) is 16.9 Å². The molecule has 0 aliphatic carbocycles. The first-order chi connectivity index (χ1) is 17.0. The van der Waals surface area contributed by atoms with Crippen molar-refractivity contribution in [1.82, 2.24) is 15.1 Å². The monoisotopic (exact) mass is 477 g/mol. The molecule has 1 aliphatic rings. The van der Waals surface area contributed by atoms with Crippen molar-refractivity contribution in [2.75, 3.05) is 4.90 Å². The number of carbonyl (C=O) groups is 1. The second-order valence-corrected chi connectivity index (χ2v) is 8.85. The van der Waals surface area contributed by atoms with E-state index in [-0.39, 0.29) is 5.57 Å². The molecule has 1 amide bonds. The number of carbonyl (C=O) groups excluding carboxylic acids is 1. The molecule has 1 aromatic heterocycles. The number of hydrogen-bond donors (Lipinski definition) is 2. The number of aryl methyl sites for hydroxylation is 2. The summed E-state index contributed by atoms with van der Waals surface area (Å²) in [4.78, 5) is 14.9. The van der Waals surface area contributed by atoms with E-state index in [2.05, 4.69) is 17.9 Å². The topological polar surface area (TPSA) is 74.0 Å². The molecule has 0 saturated heterocycles. The molecule has 4 aromatic rings. The third kappa shape index (κ3) is 4.09. The number of benzene rings is 3. The largest absolute Gasteiger partial charge is 0.327 e. The molecule has 3 aromatic carbocycles. The van der Waals surface area contributed by atoms with Crippen molar-refractivity contribution in [3.8, 4) is 23.0 Å². The molecule has 5 rings (SSSR count). The second kappa shape index (κ2) is 9.16. The minimum absolute atomic E-state index is 0.0257. The lowest BCUT2D eigenvalue weighted by molar-refractivity contribution is -0.118. The van der Waals surface area contributed by atoms with Crippen LogP contribution >= 0.6 is 12.6 Å². The predicted octanol–water partition coefficient (Wildman–Crippen LogP) is 5.46. The summed E-state index contributed by atoms with van der Waals surface area (Å²) in [6.45, 7) is 4.01. The van der Waals surface area contributed by atoms with Gasteiger partial charge < -0.3 is 10.2 Å². The van der Waals surface area contributed by atoms with Gasteiger partial charge in [0.15, 0.2) is 0 Å². The number of anilines is 1. The molecule has 1 atom stereocenters. The highest BCUT2D eigenvalue weighted by Gasteiger charge is 2.37. The van der Waals surface area contributed by atoms with Crippen LogP contribution in [0.1, 0.15) is 22.9 Å². The number of nitrogens with one attached hydrogen (secondary N) is 1. The Balaban J connectivity index is 1.76. The van der Waals surface area contributed by atoms with E-state index in [4.69, 9.17) is 5.10 Å². The van der Waals surface area contributed by atoms with Crippen molar-refractivity contribution < 1.29 is 4.79 Å². The van der Waals surface area contributed by atoms with Crippen LogP contribution < -0.4 is 10.2 Å². The zero-order chi connectivity index (χ0) is 24.5. The fourth-order valence-corrected chi connectivity index (χ4v) is 4.65. The highest BCUT2D eigenvalue weighted by Crippen LogP contribution is 2.40. The summed E-state index contributed by atoms with van der Waals surface area (Å²) in [5.41, 5.74) is 6.23. The summed E-state index contributed by atoms with van der Waals surface area (Å²) in [5.74, 6) is -0.462. The summed E-state index contributed by atoms with van der Waals surface area (Å²) >= 11 is 4.69. The summed E-state index contributed by atoms with van der Waals surface area (Å²) in [6, 6.07) is 27.8. The first-order valence-electron chi connectivity index (χ1n) is 11.2. The molecule has 0 fully saturated rings. The molecule has 2 heterocycles. The molecular formula is C28H23N5OS. The Morgan fingerprint density at radius 2 is 1.69 bits per heavy atom. The number of aromatic nitrogens is 2. The first-order valence-corrected chi connectivity index (χ1v) is 11.6. The Labute approximate surface area is 209 Å². The number of rotatable bonds is 4. The Morgan fingerprint density at radius 3 is 2.37 bits per heavy atom. The van der Waals surface area contributed by atoms with Gasteiger partial charge >= 0.3 is 0 Å². The normalized spacial score (nSPS) is 15.7. The van der Waals surface area contributed by atoms with E-state index in [0.717, 1.165) is 39.3 Å². The lowest BCUT2D eigenvalue weighted by atomic mass is 10.0. The van der Waals surface area contributed by atoms with Gasteiger partial charge in [-0.3, -0.25) is 4.79 Å². The van der Waals surface area contributed by atoms with Crippen LogP contribution in [0.4, 0.5) is 5.69 Å².